The lowest BCUT2D eigenvalue weighted by molar-refractivity contribution is -0.139. The molecule has 0 aromatic carbocycles. The molecule has 1 rings (SSSR count). The smallest absolute Gasteiger partial charge is 0.389 e. The first-order valence-corrected chi connectivity index (χ1v) is 7.06. The van der Waals surface area contributed by atoms with Gasteiger partial charge in [0.2, 0.25) is 0 Å². The predicted octanol–water partition coefficient (Wildman–Crippen LogP) is 3.47. The molecule has 1 N–H and O–H groups in total. The summed E-state index contributed by atoms with van der Waals surface area (Å²) < 4.78 is 38.8. The Bertz CT molecular complexity index is 418. The number of rotatable bonds is 6. The average Bonchev–Trinajstić information content (AvgIpc) is 2.63. The van der Waals surface area contributed by atoms with E-state index >= 15 is 0 Å². The number of nitrogens with zero attached hydrogens (tertiary/aromatic N) is 2. The summed E-state index contributed by atoms with van der Waals surface area (Å²) in [5, 5.41) is 14.1. The molecule has 1 unspecified atom stereocenters. The third-order valence-electron chi connectivity index (χ3n) is 2.88. The Morgan fingerprint density at radius 2 is 2.00 bits per heavy atom. The van der Waals surface area contributed by atoms with Crippen molar-refractivity contribution in [1.29, 1.82) is 0 Å². The van der Waals surface area contributed by atoms with Crippen LogP contribution in [0.5, 0.6) is 0 Å². The molecule has 0 bridgehead atoms. The normalized spacial score (nSPS) is 13.8. The number of hydrogen-bond acceptors (Lipinski definition) is 2. The predicted molar refractivity (Wildman–Crippen MR) is 70.0 cm³/mol. The Morgan fingerprint density at radius 3 is 2.47 bits per heavy atom. The van der Waals surface area contributed by atoms with E-state index in [2.05, 4.69) is 21.0 Å². The molecule has 0 saturated carbocycles. The fourth-order valence-electron chi connectivity index (χ4n) is 1.87. The van der Waals surface area contributed by atoms with Crippen molar-refractivity contribution in [2.45, 2.75) is 58.4 Å². The van der Waals surface area contributed by atoms with Crippen LogP contribution in [0.1, 0.15) is 38.1 Å². The molecule has 0 fully saturated rings. The molecule has 7 heteroatoms. The van der Waals surface area contributed by atoms with Gasteiger partial charge in [0, 0.05) is 19.4 Å². The molecule has 1 atom stereocenters. The van der Waals surface area contributed by atoms with E-state index in [1.165, 1.54) is 0 Å². The van der Waals surface area contributed by atoms with Gasteiger partial charge in [-0.3, -0.25) is 4.68 Å². The fraction of sp³-hybridized carbons (Fsp3) is 0.750. The molecular weight excluding hydrogens is 325 g/mol. The highest BCUT2D eigenvalue weighted by Gasteiger charge is 2.28. The van der Waals surface area contributed by atoms with Crippen molar-refractivity contribution < 1.29 is 18.3 Å². The van der Waals surface area contributed by atoms with Crippen LogP contribution in [0.15, 0.2) is 4.47 Å². The highest BCUT2D eigenvalue weighted by Crippen LogP contribution is 2.26. The lowest BCUT2D eigenvalue weighted by atomic mass is 10.1. The molecule has 3 nitrogen and oxygen atoms in total. The van der Waals surface area contributed by atoms with Crippen molar-refractivity contribution in [1.82, 2.24) is 9.78 Å². The fourth-order valence-corrected chi connectivity index (χ4v) is 2.59. The quantitative estimate of drug-likeness (QED) is 0.859. The zero-order valence-corrected chi connectivity index (χ0v) is 12.6. The summed E-state index contributed by atoms with van der Waals surface area (Å²) in [6, 6.07) is 0. The van der Waals surface area contributed by atoms with Crippen molar-refractivity contribution in [2.24, 2.45) is 0 Å². The van der Waals surface area contributed by atoms with Crippen LogP contribution in [0, 0.1) is 0 Å². The minimum atomic E-state index is -4.22. The third kappa shape index (κ3) is 4.80. The monoisotopic (exact) mass is 342 g/mol. The van der Waals surface area contributed by atoms with Crippen LogP contribution in [0.4, 0.5) is 13.2 Å². The number of aryl methyl sites for hydroxylation is 2. The molecule has 0 radical (unpaired) electrons. The lowest BCUT2D eigenvalue weighted by Gasteiger charge is -2.13. The van der Waals surface area contributed by atoms with E-state index in [0.29, 0.717) is 6.54 Å². The largest absolute Gasteiger partial charge is 0.393 e. The van der Waals surface area contributed by atoms with E-state index < -0.39 is 18.7 Å². The molecule has 1 heterocycles. The summed E-state index contributed by atoms with van der Waals surface area (Å²) >= 11 is 3.41. The molecule has 110 valence electrons. The maximum absolute atomic E-state index is 12.1. The van der Waals surface area contributed by atoms with Crippen LogP contribution < -0.4 is 0 Å². The number of aliphatic hydroxyl groups excluding tert-OH is 1. The van der Waals surface area contributed by atoms with E-state index in [1.807, 2.05) is 13.8 Å². The molecular formula is C12H18BrF3N2O. The Hall–Kier alpha value is -0.560. The van der Waals surface area contributed by atoms with Gasteiger partial charge in [0.15, 0.2) is 0 Å². The van der Waals surface area contributed by atoms with Crippen molar-refractivity contribution in [3.05, 3.63) is 15.9 Å². The van der Waals surface area contributed by atoms with Crippen molar-refractivity contribution in [2.75, 3.05) is 0 Å². The number of aromatic nitrogens is 2. The van der Waals surface area contributed by atoms with E-state index in [9.17, 15) is 18.3 Å². The van der Waals surface area contributed by atoms with E-state index in [-0.39, 0.29) is 12.8 Å². The van der Waals surface area contributed by atoms with Crippen molar-refractivity contribution in [3.63, 3.8) is 0 Å². The zero-order valence-electron chi connectivity index (χ0n) is 11.0. The average molecular weight is 343 g/mol. The number of hydrogen-bond donors (Lipinski definition) is 1. The summed E-state index contributed by atoms with van der Waals surface area (Å²) in [5.41, 5.74) is 1.62. The third-order valence-corrected chi connectivity index (χ3v) is 3.80. The SMILES string of the molecule is CCc1nn(CC)c(CC(O)CCC(F)(F)F)c1Br. The maximum Gasteiger partial charge on any atom is 0.389 e. The second-order valence-corrected chi connectivity index (χ2v) is 5.18. The van der Waals surface area contributed by atoms with Gasteiger partial charge in [0.05, 0.1) is 22.0 Å². The molecule has 19 heavy (non-hydrogen) atoms. The number of halogens is 4. The minimum Gasteiger partial charge on any atom is -0.393 e. The van der Waals surface area contributed by atoms with Gasteiger partial charge in [-0.1, -0.05) is 6.92 Å². The van der Waals surface area contributed by atoms with Crippen LogP contribution in [0.25, 0.3) is 0 Å². The van der Waals surface area contributed by atoms with Gasteiger partial charge >= 0.3 is 6.18 Å². The second kappa shape index (κ2) is 6.74. The van der Waals surface area contributed by atoms with E-state index in [1.54, 1.807) is 4.68 Å². The molecule has 0 aliphatic heterocycles. The highest BCUT2D eigenvalue weighted by atomic mass is 79.9. The van der Waals surface area contributed by atoms with Crippen LogP contribution in [-0.4, -0.2) is 27.2 Å². The Balaban J connectivity index is 2.73. The van der Waals surface area contributed by atoms with Gasteiger partial charge < -0.3 is 5.11 Å². The van der Waals surface area contributed by atoms with Crippen LogP contribution >= 0.6 is 15.9 Å². The van der Waals surface area contributed by atoms with Crippen molar-refractivity contribution >= 4 is 15.9 Å². The van der Waals surface area contributed by atoms with Gasteiger partial charge in [-0.25, -0.2) is 0 Å². The first kappa shape index (κ1) is 16.5. The van der Waals surface area contributed by atoms with Gasteiger partial charge in [0.25, 0.3) is 0 Å². The first-order valence-electron chi connectivity index (χ1n) is 6.27. The maximum atomic E-state index is 12.1. The molecule has 0 aliphatic carbocycles. The van der Waals surface area contributed by atoms with E-state index in [4.69, 9.17) is 0 Å². The Labute approximate surface area is 118 Å². The number of aliphatic hydroxyl groups is 1. The summed E-state index contributed by atoms with van der Waals surface area (Å²) in [4.78, 5) is 0. The van der Waals surface area contributed by atoms with Gasteiger partial charge in [-0.2, -0.15) is 18.3 Å². The first-order chi connectivity index (χ1) is 8.78. The Kier molecular flexibility index (Phi) is 5.85. The molecule has 1 aromatic rings. The number of alkyl halides is 3. The topological polar surface area (TPSA) is 38.0 Å². The van der Waals surface area contributed by atoms with Gasteiger partial charge in [-0.05, 0) is 35.7 Å². The Morgan fingerprint density at radius 1 is 1.37 bits per heavy atom. The van der Waals surface area contributed by atoms with E-state index in [0.717, 1.165) is 22.3 Å². The lowest BCUT2D eigenvalue weighted by Crippen LogP contribution is -2.18. The van der Waals surface area contributed by atoms with Crippen LogP contribution in [0.3, 0.4) is 0 Å². The van der Waals surface area contributed by atoms with Crippen molar-refractivity contribution in [3.8, 4) is 0 Å². The standard InChI is InChI=1S/C12H18BrF3N2O/c1-3-9-11(13)10(18(4-2)17-9)7-8(19)5-6-12(14,15)16/h8,19H,3-7H2,1-2H3. The molecule has 0 aliphatic rings. The molecule has 0 saturated heterocycles. The highest BCUT2D eigenvalue weighted by molar-refractivity contribution is 9.10. The van der Waals surface area contributed by atoms with Crippen LogP contribution in [0.2, 0.25) is 0 Å². The van der Waals surface area contributed by atoms with Crippen LogP contribution in [-0.2, 0) is 19.4 Å². The summed E-state index contributed by atoms with van der Waals surface area (Å²) in [6.07, 6.45) is -5.57. The summed E-state index contributed by atoms with van der Waals surface area (Å²) in [6.45, 7) is 4.49. The summed E-state index contributed by atoms with van der Waals surface area (Å²) in [5.74, 6) is 0. The molecule has 0 spiro atoms. The molecule has 0 amide bonds. The molecule has 1 aromatic heterocycles. The second-order valence-electron chi connectivity index (χ2n) is 4.39. The van der Waals surface area contributed by atoms with Gasteiger partial charge in [-0.15, -0.1) is 0 Å². The minimum absolute atomic E-state index is 0.178. The zero-order chi connectivity index (χ0) is 14.6. The summed E-state index contributed by atoms with van der Waals surface area (Å²) in [7, 11) is 0. The van der Waals surface area contributed by atoms with Gasteiger partial charge in [0.1, 0.15) is 0 Å².